The molecule has 1 heterocycles. The van der Waals surface area contributed by atoms with Gasteiger partial charge in [0.15, 0.2) is 0 Å². The summed E-state index contributed by atoms with van der Waals surface area (Å²) >= 11 is 0. The Labute approximate surface area is 253 Å². The molecule has 43 heavy (non-hydrogen) atoms. The largest absolute Gasteiger partial charge is 0.507 e. The maximum absolute atomic E-state index is 13.6. The van der Waals surface area contributed by atoms with Gasteiger partial charge in [-0.3, -0.25) is 9.59 Å². The Morgan fingerprint density at radius 3 is 2.14 bits per heavy atom. The van der Waals surface area contributed by atoms with E-state index in [9.17, 15) is 14.7 Å². The van der Waals surface area contributed by atoms with Gasteiger partial charge in [0.2, 0.25) is 0 Å². The number of carbonyl (C=O) groups excluding carboxylic acids is 2. The molecule has 0 bridgehead atoms. The van der Waals surface area contributed by atoms with Gasteiger partial charge in [-0.1, -0.05) is 87.5 Å². The summed E-state index contributed by atoms with van der Waals surface area (Å²) in [7, 11) is 1.60. The molecule has 1 saturated heterocycles. The number of nitrogens with zero attached hydrogens (tertiary/aromatic N) is 1. The first kappa shape index (κ1) is 29.6. The van der Waals surface area contributed by atoms with Crippen LogP contribution >= 0.6 is 0 Å². The molecule has 220 valence electrons. The summed E-state index contributed by atoms with van der Waals surface area (Å²) in [5.74, 6) is -0.195. The van der Waals surface area contributed by atoms with Gasteiger partial charge in [-0.05, 0) is 70.5 Å². The molecular formula is C37H37NO5. The summed E-state index contributed by atoms with van der Waals surface area (Å²) in [5.41, 5.74) is 5.02. The van der Waals surface area contributed by atoms with Crippen LogP contribution in [0.4, 0.5) is 0 Å². The van der Waals surface area contributed by atoms with E-state index >= 15 is 0 Å². The van der Waals surface area contributed by atoms with E-state index in [0.29, 0.717) is 23.7 Å². The fraction of sp³-hybridized carbons (Fsp3) is 0.243. The molecule has 0 radical (unpaired) electrons. The minimum absolute atomic E-state index is 0.0642. The predicted octanol–water partition coefficient (Wildman–Crippen LogP) is 7.50. The number of hydrogen-bond acceptors (Lipinski definition) is 5. The number of methoxy groups -OCH3 is 1. The molecule has 1 fully saturated rings. The third kappa shape index (κ3) is 6.33. The zero-order valence-electron chi connectivity index (χ0n) is 25.3. The first-order valence-electron chi connectivity index (χ1n) is 14.4. The van der Waals surface area contributed by atoms with Crippen molar-refractivity contribution in [1.82, 2.24) is 4.90 Å². The molecule has 1 unspecified atom stereocenters. The summed E-state index contributed by atoms with van der Waals surface area (Å²) in [4.78, 5) is 28.6. The van der Waals surface area contributed by atoms with Gasteiger partial charge >= 0.3 is 0 Å². The van der Waals surface area contributed by atoms with E-state index in [1.54, 1.807) is 25.3 Å². The van der Waals surface area contributed by atoms with Crippen LogP contribution in [0.15, 0.2) is 103 Å². The van der Waals surface area contributed by atoms with Crippen LogP contribution in [0.1, 0.15) is 60.2 Å². The Hall–Kier alpha value is -4.84. The van der Waals surface area contributed by atoms with Crippen LogP contribution in [0, 0.1) is 6.92 Å². The number of Topliss-reactive ketones (excluding diaryl/α,β-unsaturated/α-hetero) is 1. The molecule has 4 aromatic carbocycles. The number of aryl methyl sites for hydroxylation is 1. The summed E-state index contributed by atoms with van der Waals surface area (Å²) in [6, 6.07) is 29.7. The summed E-state index contributed by atoms with van der Waals surface area (Å²) in [6.07, 6.45) is 0. The Kier molecular flexibility index (Phi) is 8.40. The fourth-order valence-corrected chi connectivity index (χ4v) is 5.33. The van der Waals surface area contributed by atoms with Gasteiger partial charge < -0.3 is 19.5 Å². The number of ketones is 1. The number of likely N-dealkylation sites (tertiary alicyclic amines) is 1. The minimum atomic E-state index is -0.759. The van der Waals surface area contributed by atoms with Gasteiger partial charge in [0.25, 0.3) is 11.7 Å². The monoisotopic (exact) mass is 575 g/mol. The average Bonchev–Trinajstić information content (AvgIpc) is 3.25. The summed E-state index contributed by atoms with van der Waals surface area (Å²) in [5, 5.41) is 11.6. The predicted molar refractivity (Wildman–Crippen MR) is 168 cm³/mol. The molecule has 6 heteroatoms. The van der Waals surface area contributed by atoms with E-state index in [2.05, 4.69) is 20.8 Å². The topological polar surface area (TPSA) is 76.1 Å². The van der Waals surface area contributed by atoms with Gasteiger partial charge in [-0.15, -0.1) is 0 Å². The van der Waals surface area contributed by atoms with E-state index in [1.807, 2.05) is 85.8 Å². The lowest BCUT2D eigenvalue weighted by atomic mass is 9.85. The van der Waals surface area contributed by atoms with E-state index in [4.69, 9.17) is 9.47 Å². The van der Waals surface area contributed by atoms with Gasteiger partial charge in [-0.25, -0.2) is 0 Å². The smallest absolute Gasteiger partial charge is 0.295 e. The van der Waals surface area contributed by atoms with Crippen LogP contribution < -0.4 is 9.47 Å². The SMILES string of the molecule is COc1ccc(CN2C(=O)C(=O)/C(=C(\O)c3ccc(OCc4ccccc4)c(C)c3)C2c2ccc(C(C)(C)C)cc2)cc1. The molecule has 0 spiro atoms. The zero-order chi connectivity index (χ0) is 30.7. The Balaban J connectivity index is 1.53. The van der Waals surface area contributed by atoms with Gasteiger partial charge in [0, 0.05) is 12.1 Å². The maximum Gasteiger partial charge on any atom is 0.295 e. The number of ether oxygens (including phenoxy) is 2. The highest BCUT2D eigenvalue weighted by Crippen LogP contribution is 2.41. The standard InChI is InChI=1S/C37H37NO5/c1-24-21-28(15-20-31(24)43-23-26-9-7-6-8-10-26)34(39)32-33(27-13-16-29(17-14-27)37(2,3)4)38(36(41)35(32)40)22-25-11-18-30(42-5)19-12-25/h6-21,33,39H,22-23H2,1-5H3/b34-32-. The number of amides is 1. The second-order valence-corrected chi connectivity index (χ2v) is 11.9. The highest BCUT2D eigenvalue weighted by molar-refractivity contribution is 6.46. The molecule has 0 saturated carbocycles. The number of benzene rings is 4. The lowest BCUT2D eigenvalue weighted by Crippen LogP contribution is -2.29. The Morgan fingerprint density at radius 2 is 1.53 bits per heavy atom. The summed E-state index contributed by atoms with van der Waals surface area (Å²) in [6.45, 7) is 8.90. The third-order valence-electron chi connectivity index (χ3n) is 7.83. The lowest BCUT2D eigenvalue weighted by Gasteiger charge is -2.27. The van der Waals surface area contributed by atoms with Crippen LogP contribution in [0.2, 0.25) is 0 Å². The highest BCUT2D eigenvalue weighted by Gasteiger charge is 2.46. The molecule has 5 rings (SSSR count). The zero-order valence-corrected chi connectivity index (χ0v) is 25.3. The second-order valence-electron chi connectivity index (χ2n) is 11.9. The van der Waals surface area contributed by atoms with Crippen LogP contribution in [0.3, 0.4) is 0 Å². The number of hydrogen-bond donors (Lipinski definition) is 1. The molecule has 1 atom stereocenters. The van der Waals surface area contributed by atoms with Crippen molar-refractivity contribution in [2.45, 2.75) is 52.3 Å². The van der Waals surface area contributed by atoms with Crippen LogP contribution in [-0.2, 0) is 28.2 Å². The van der Waals surface area contributed by atoms with Gasteiger partial charge in [-0.2, -0.15) is 0 Å². The first-order chi connectivity index (χ1) is 20.6. The molecule has 1 N–H and O–H groups in total. The molecule has 1 aliphatic rings. The van der Waals surface area contributed by atoms with Gasteiger partial charge in [0.05, 0.1) is 18.7 Å². The van der Waals surface area contributed by atoms with Crippen LogP contribution in [0.25, 0.3) is 5.76 Å². The van der Waals surface area contributed by atoms with Crippen molar-refractivity contribution >= 4 is 17.4 Å². The fourth-order valence-electron chi connectivity index (χ4n) is 5.33. The molecule has 0 aromatic heterocycles. The number of aliphatic hydroxyl groups is 1. The summed E-state index contributed by atoms with van der Waals surface area (Å²) < 4.78 is 11.3. The van der Waals surface area contributed by atoms with Crippen molar-refractivity contribution in [3.63, 3.8) is 0 Å². The Morgan fingerprint density at radius 1 is 0.860 bits per heavy atom. The van der Waals surface area contributed by atoms with E-state index in [1.165, 1.54) is 4.90 Å². The van der Waals surface area contributed by atoms with Crippen molar-refractivity contribution in [3.05, 3.63) is 136 Å². The van der Waals surface area contributed by atoms with Crippen molar-refractivity contribution in [2.24, 2.45) is 0 Å². The van der Waals surface area contributed by atoms with Crippen molar-refractivity contribution in [2.75, 3.05) is 7.11 Å². The maximum atomic E-state index is 13.6. The highest BCUT2D eigenvalue weighted by atomic mass is 16.5. The molecule has 0 aliphatic carbocycles. The minimum Gasteiger partial charge on any atom is -0.507 e. The number of rotatable bonds is 8. The first-order valence-corrected chi connectivity index (χ1v) is 14.4. The van der Waals surface area contributed by atoms with Crippen LogP contribution in [0.5, 0.6) is 11.5 Å². The normalized spacial score (nSPS) is 16.4. The molecule has 1 amide bonds. The molecule has 4 aromatic rings. The van der Waals surface area contributed by atoms with Crippen LogP contribution in [-0.4, -0.2) is 28.8 Å². The number of aliphatic hydroxyl groups excluding tert-OH is 1. The Bertz CT molecular complexity index is 1650. The van der Waals surface area contributed by atoms with Crippen molar-refractivity contribution < 1.29 is 24.2 Å². The number of carbonyl (C=O) groups is 2. The van der Waals surface area contributed by atoms with E-state index in [-0.39, 0.29) is 23.3 Å². The second kappa shape index (κ2) is 12.2. The molecule has 1 aliphatic heterocycles. The van der Waals surface area contributed by atoms with Crippen molar-refractivity contribution in [1.29, 1.82) is 0 Å². The van der Waals surface area contributed by atoms with Crippen molar-refractivity contribution in [3.8, 4) is 11.5 Å². The van der Waals surface area contributed by atoms with E-state index in [0.717, 1.165) is 27.8 Å². The lowest BCUT2D eigenvalue weighted by molar-refractivity contribution is -0.140. The molecular weight excluding hydrogens is 538 g/mol. The molecule has 6 nitrogen and oxygen atoms in total. The van der Waals surface area contributed by atoms with Gasteiger partial charge in [0.1, 0.15) is 23.9 Å². The average molecular weight is 576 g/mol. The third-order valence-corrected chi connectivity index (χ3v) is 7.83. The van der Waals surface area contributed by atoms with E-state index < -0.39 is 17.7 Å². The quantitative estimate of drug-likeness (QED) is 0.134.